The van der Waals surface area contributed by atoms with Gasteiger partial charge in [-0.1, -0.05) is 32.4 Å². The van der Waals surface area contributed by atoms with Crippen LogP contribution in [0.2, 0.25) is 19.1 Å². The highest BCUT2D eigenvalue weighted by molar-refractivity contribution is 6.75. The normalized spacial score (nSPS) is 31.0. The number of esters is 1. The van der Waals surface area contributed by atoms with Crippen LogP contribution in [-0.2, 0) is 9.53 Å². The molecule has 0 aromatic carbocycles. The van der Waals surface area contributed by atoms with Crippen molar-refractivity contribution in [3.63, 3.8) is 0 Å². The summed E-state index contributed by atoms with van der Waals surface area (Å²) < 4.78 is 8.32. The molecule has 3 nitrogen and oxygen atoms in total. The topological polar surface area (TPSA) is 29.5 Å². The smallest absolute Gasteiger partial charge is 0.307 e. The second-order valence-electron chi connectivity index (χ2n) is 6.36. The SMILES string of the molecule is C[Si]1(C)CCCN1C1CCCCCCCC(=O)O1. The second kappa shape index (κ2) is 6.20. The van der Waals surface area contributed by atoms with Crippen molar-refractivity contribution >= 4 is 14.2 Å². The second-order valence-corrected chi connectivity index (χ2v) is 11.1. The third-order valence-corrected chi connectivity index (χ3v) is 8.06. The van der Waals surface area contributed by atoms with Gasteiger partial charge in [-0.15, -0.1) is 0 Å². The Morgan fingerprint density at radius 3 is 2.56 bits per heavy atom. The van der Waals surface area contributed by atoms with Crippen LogP contribution in [0.25, 0.3) is 0 Å². The highest BCUT2D eigenvalue weighted by Gasteiger charge is 2.39. The zero-order chi connectivity index (χ0) is 13.0. The molecule has 0 N–H and O–H groups in total. The van der Waals surface area contributed by atoms with Crippen LogP contribution in [-0.4, -0.2) is 31.5 Å². The van der Waals surface area contributed by atoms with E-state index in [1.807, 2.05) is 0 Å². The summed E-state index contributed by atoms with van der Waals surface area (Å²) in [5.41, 5.74) is 0. The van der Waals surface area contributed by atoms with Crippen LogP contribution in [0, 0.1) is 0 Å². The van der Waals surface area contributed by atoms with Crippen molar-refractivity contribution in [2.45, 2.75) is 76.7 Å². The van der Waals surface area contributed by atoms with Gasteiger partial charge >= 0.3 is 5.97 Å². The Bertz CT molecular complexity index is 294. The number of hydrogen-bond acceptors (Lipinski definition) is 3. The molecule has 2 rings (SSSR count). The lowest BCUT2D eigenvalue weighted by atomic mass is 10.1. The van der Waals surface area contributed by atoms with Gasteiger partial charge in [0.25, 0.3) is 0 Å². The predicted octanol–water partition coefficient (Wildman–Crippen LogP) is 3.51. The number of ether oxygens (including phenoxy) is 1. The van der Waals surface area contributed by atoms with Gasteiger partial charge in [0.05, 0.1) is 0 Å². The van der Waals surface area contributed by atoms with Gasteiger partial charge in [-0.05, 0) is 38.3 Å². The Morgan fingerprint density at radius 2 is 1.83 bits per heavy atom. The Balaban J connectivity index is 2.00. The molecular weight excluding hydrogens is 242 g/mol. The number of rotatable bonds is 1. The maximum Gasteiger partial charge on any atom is 0.307 e. The van der Waals surface area contributed by atoms with E-state index in [1.54, 1.807) is 0 Å². The molecule has 2 saturated heterocycles. The molecule has 2 fully saturated rings. The third-order valence-electron chi connectivity index (χ3n) is 4.41. The van der Waals surface area contributed by atoms with Crippen molar-refractivity contribution in [1.82, 2.24) is 4.57 Å². The summed E-state index contributed by atoms with van der Waals surface area (Å²) in [7, 11) is -1.30. The lowest BCUT2D eigenvalue weighted by Crippen LogP contribution is -2.51. The summed E-state index contributed by atoms with van der Waals surface area (Å²) in [4.78, 5) is 11.8. The van der Waals surface area contributed by atoms with Crippen LogP contribution in [0.15, 0.2) is 0 Å². The van der Waals surface area contributed by atoms with Crippen LogP contribution in [0.3, 0.4) is 0 Å². The third kappa shape index (κ3) is 3.57. The van der Waals surface area contributed by atoms with E-state index >= 15 is 0 Å². The van der Waals surface area contributed by atoms with E-state index in [1.165, 1.54) is 38.1 Å². The molecule has 1 unspecified atom stereocenters. The zero-order valence-electron chi connectivity index (χ0n) is 11.9. The van der Waals surface area contributed by atoms with Gasteiger partial charge in [0.1, 0.15) is 14.5 Å². The first kappa shape index (κ1) is 14.1. The lowest BCUT2D eigenvalue weighted by molar-refractivity contribution is -0.156. The highest BCUT2D eigenvalue weighted by atomic mass is 28.3. The molecule has 104 valence electrons. The van der Waals surface area contributed by atoms with Gasteiger partial charge in [-0.2, -0.15) is 0 Å². The molecule has 1 atom stereocenters. The first-order valence-corrected chi connectivity index (χ1v) is 10.7. The van der Waals surface area contributed by atoms with E-state index in [0.717, 1.165) is 19.4 Å². The molecule has 0 aliphatic carbocycles. The van der Waals surface area contributed by atoms with Crippen molar-refractivity contribution in [1.29, 1.82) is 0 Å². The average molecular weight is 269 g/mol. The first-order valence-electron chi connectivity index (χ1n) is 7.56. The minimum atomic E-state index is -1.30. The van der Waals surface area contributed by atoms with Gasteiger partial charge in [-0.25, -0.2) is 0 Å². The summed E-state index contributed by atoms with van der Waals surface area (Å²) in [6.45, 7) is 5.95. The van der Waals surface area contributed by atoms with Crippen LogP contribution in [0.1, 0.15) is 51.4 Å². The van der Waals surface area contributed by atoms with Crippen LogP contribution in [0.4, 0.5) is 0 Å². The number of carbonyl (C=O) groups excluding carboxylic acids is 1. The molecule has 0 radical (unpaired) electrons. The fourth-order valence-electron chi connectivity index (χ4n) is 3.27. The summed E-state index contributed by atoms with van der Waals surface area (Å²) in [6.07, 6.45) is 9.00. The minimum absolute atomic E-state index is 0.0265. The van der Waals surface area contributed by atoms with Crippen LogP contribution < -0.4 is 0 Å². The monoisotopic (exact) mass is 269 g/mol. The van der Waals surface area contributed by atoms with E-state index in [-0.39, 0.29) is 12.2 Å². The van der Waals surface area contributed by atoms with E-state index in [0.29, 0.717) is 6.42 Å². The lowest BCUT2D eigenvalue weighted by Gasteiger charge is -2.36. The largest absolute Gasteiger partial charge is 0.447 e. The number of carbonyl (C=O) groups is 1. The molecule has 0 bridgehead atoms. The number of nitrogens with zero attached hydrogens (tertiary/aromatic N) is 1. The Morgan fingerprint density at radius 1 is 1.11 bits per heavy atom. The first-order chi connectivity index (χ1) is 8.59. The maximum absolute atomic E-state index is 11.8. The molecule has 4 heteroatoms. The van der Waals surface area contributed by atoms with E-state index < -0.39 is 8.24 Å². The Hall–Kier alpha value is -0.353. The van der Waals surface area contributed by atoms with Gasteiger partial charge in [0.15, 0.2) is 0 Å². The Kier molecular flexibility index (Phi) is 4.84. The molecule has 18 heavy (non-hydrogen) atoms. The molecule has 0 aromatic rings. The molecule has 2 aliphatic heterocycles. The zero-order valence-corrected chi connectivity index (χ0v) is 12.9. The summed E-state index contributed by atoms with van der Waals surface area (Å²) in [6, 6.07) is 1.35. The maximum atomic E-state index is 11.8. The molecule has 2 aliphatic rings. The van der Waals surface area contributed by atoms with Gasteiger partial charge in [0.2, 0.25) is 0 Å². The molecule has 2 heterocycles. The van der Waals surface area contributed by atoms with Gasteiger partial charge in [0, 0.05) is 6.42 Å². The quantitative estimate of drug-likeness (QED) is 0.539. The standard InChI is InChI=1S/C14H27NO2Si/c1-18(2)12-8-11-15(18)13-9-6-4-3-5-7-10-14(16)17-13/h13H,3-12H2,1-2H3. The molecule has 0 spiro atoms. The van der Waals surface area contributed by atoms with Crippen molar-refractivity contribution in [3.05, 3.63) is 0 Å². The molecule has 0 aromatic heterocycles. The minimum Gasteiger partial charge on any atom is -0.447 e. The van der Waals surface area contributed by atoms with Crippen molar-refractivity contribution in [2.75, 3.05) is 6.54 Å². The van der Waals surface area contributed by atoms with E-state index in [2.05, 4.69) is 17.7 Å². The fourth-order valence-corrected chi connectivity index (χ4v) is 6.31. The fraction of sp³-hybridized carbons (Fsp3) is 0.929. The highest BCUT2D eigenvalue weighted by Crippen LogP contribution is 2.30. The van der Waals surface area contributed by atoms with Crippen molar-refractivity contribution in [2.24, 2.45) is 0 Å². The summed E-state index contributed by atoms with van der Waals surface area (Å²) in [5, 5.41) is 0. The number of hydrogen-bond donors (Lipinski definition) is 0. The summed E-state index contributed by atoms with van der Waals surface area (Å²) in [5.74, 6) is 0.0265. The van der Waals surface area contributed by atoms with Gasteiger partial charge in [-0.3, -0.25) is 9.36 Å². The predicted molar refractivity (Wildman–Crippen MR) is 75.8 cm³/mol. The molecule has 0 amide bonds. The summed E-state index contributed by atoms with van der Waals surface area (Å²) >= 11 is 0. The average Bonchev–Trinajstić information content (AvgIpc) is 2.66. The molecule has 0 saturated carbocycles. The van der Waals surface area contributed by atoms with E-state index in [9.17, 15) is 4.79 Å². The molecular formula is C14H27NO2Si. The Labute approximate surface area is 112 Å². The van der Waals surface area contributed by atoms with E-state index in [4.69, 9.17) is 4.74 Å². The van der Waals surface area contributed by atoms with Gasteiger partial charge < -0.3 is 4.74 Å². The van der Waals surface area contributed by atoms with Crippen LogP contribution >= 0.6 is 0 Å². The van der Waals surface area contributed by atoms with Crippen molar-refractivity contribution < 1.29 is 9.53 Å². The van der Waals surface area contributed by atoms with Crippen molar-refractivity contribution in [3.8, 4) is 0 Å². The number of cyclic esters (lactones) is 1. The van der Waals surface area contributed by atoms with Crippen LogP contribution in [0.5, 0.6) is 0 Å².